The summed E-state index contributed by atoms with van der Waals surface area (Å²) < 4.78 is 32.2. The van der Waals surface area contributed by atoms with Crippen molar-refractivity contribution < 1.29 is 32.5 Å². The normalized spacial score (nSPS) is 21.1. The standard InChI is InChI=1S/C21H17F2N5O5/c22-11-6-10(7-12(23)8-11)18-25-16(33-26-18)9-27-5-1-2-13-17(27)21(32)28(20(13)31)14-3-4-15(29)24-19(14)30/h6-8,14H,1-5,9H2,(H,24,29,30). The average molecular weight is 457 g/mol. The maximum absolute atomic E-state index is 13.5. The molecule has 170 valence electrons. The number of rotatable bonds is 4. The summed E-state index contributed by atoms with van der Waals surface area (Å²) in [5.74, 6) is -3.79. The van der Waals surface area contributed by atoms with E-state index in [4.69, 9.17) is 4.52 Å². The predicted octanol–water partition coefficient (Wildman–Crippen LogP) is 1.04. The van der Waals surface area contributed by atoms with Crippen molar-refractivity contribution in [3.8, 4) is 11.4 Å². The fraction of sp³-hybridized carbons (Fsp3) is 0.333. The molecule has 2 aromatic rings. The molecule has 1 aromatic heterocycles. The highest BCUT2D eigenvalue weighted by atomic mass is 19.1. The fourth-order valence-corrected chi connectivity index (χ4v) is 4.34. The van der Waals surface area contributed by atoms with E-state index < -0.39 is 41.3 Å². The lowest BCUT2D eigenvalue weighted by molar-refractivity contribution is -0.150. The van der Waals surface area contributed by atoms with Crippen LogP contribution in [-0.4, -0.2) is 56.2 Å². The molecule has 3 aliphatic rings. The molecule has 1 saturated heterocycles. The quantitative estimate of drug-likeness (QED) is 0.675. The zero-order valence-corrected chi connectivity index (χ0v) is 17.1. The molecule has 0 radical (unpaired) electrons. The van der Waals surface area contributed by atoms with Crippen LogP contribution >= 0.6 is 0 Å². The van der Waals surface area contributed by atoms with Crippen LogP contribution in [0.25, 0.3) is 11.4 Å². The van der Waals surface area contributed by atoms with Crippen LogP contribution in [0.1, 0.15) is 31.6 Å². The van der Waals surface area contributed by atoms with Gasteiger partial charge in [-0.2, -0.15) is 4.98 Å². The molecule has 1 unspecified atom stereocenters. The van der Waals surface area contributed by atoms with Gasteiger partial charge >= 0.3 is 0 Å². The number of halogens is 2. The largest absolute Gasteiger partial charge is 0.357 e. The summed E-state index contributed by atoms with van der Waals surface area (Å²) in [5, 5.41) is 5.91. The molecule has 0 bridgehead atoms. The first-order valence-corrected chi connectivity index (χ1v) is 10.3. The average Bonchev–Trinajstić information content (AvgIpc) is 3.32. The molecule has 33 heavy (non-hydrogen) atoms. The van der Waals surface area contributed by atoms with Crippen molar-refractivity contribution >= 4 is 23.6 Å². The fourth-order valence-electron chi connectivity index (χ4n) is 4.34. The number of hydrogen-bond acceptors (Lipinski definition) is 8. The molecule has 0 aliphatic carbocycles. The minimum Gasteiger partial charge on any atom is -0.357 e. The molecule has 10 nitrogen and oxygen atoms in total. The number of nitrogens with one attached hydrogen (secondary N) is 1. The van der Waals surface area contributed by atoms with Crippen molar-refractivity contribution in [2.45, 2.75) is 38.3 Å². The van der Waals surface area contributed by atoms with Crippen molar-refractivity contribution in [3.05, 3.63) is 47.0 Å². The highest BCUT2D eigenvalue weighted by Gasteiger charge is 2.48. The third kappa shape index (κ3) is 3.66. The number of benzene rings is 1. The van der Waals surface area contributed by atoms with Crippen LogP contribution in [0.3, 0.4) is 0 Å². The molecule has 1 fully saturated rings. The van der Waals surface area contributed by atoms with E-state index in [0.717, 1.165) is 23.1 Å². The molecule has 1 N–H and O–H groups in total. The van der Waals surface area contributed by atoms with E-state index in [1.165, 1.54) is 0 Å². The molecule has 12 heteroatoms. The molecular weight excluding hydrogens is 440 g/mol. The maximum atomic E-state index is 13.5. The van der Waals surface area contributed by atoms with Crippen LogP contribution in [0.4, 0.5) is 8.78 Å². The van der Waals surface area contributed by atoms with Crippen LogP contribution < -0.4 is 5.32 Å². The predicted molar refractivity (Wildman–Crippen MR) is 104 cm³/mol. The Kier molecular flexibility index (Phi) is 4.99. The number of carbonyl (C=O) groups is 4. The van der Waals surface area contributed by atoms with Crippen LogP contribution in [0, 0.1) is 11.6 Å². The summed E-state index contributed by atoms with van der Waals surface area (Å²) in [6, 6.07) is 1.81. The Morgan fingerprint density at radius 2 is 1.82 bits per heavy atom. The smallest absolute Gasteiger partial charge is 0.278 e. The Hall–Kier alpha value is -3.96. The van der Waals surface area contributed by atoms with E-state index in [1.54, 1.807) is 4.90 Å². The minimum atomic E-state index is -1.05. The van der Waals surface area contributed by atoms with Gasteiger partial charge < -0.3 is 9.42 Å². The molecule has 3 aliphatic heterocycles. The topological polar surface area (TPSA) is 126 Å². The van der Waals surface area contributed by atoms with Crippen molar-refractivity contribution in [1.29, 1.82) is 0 Å². The van der Waals surface area contributed by atoms with Gasteiger partial charge in [-0.05, 0) is 31.4 Å². The van der Waals surface area contributed by atoms with Gasteiger partial charge in [0.15, 0.2) is 0 Å². The van der Waals surface area contributed by atoms with Gasteiger partial charge in [0.05, 0.1) is 6.54 Å². The third-order valence-corrected chi connectivity index (χ3v) is 5.79. The number of hydrogen-bond donors (Lipinski definition) is 1. The molecule has 4 heterocycles. The molecule has 4 amide bonds. The number of nitrogens with zero attached hydrogens (tertiary/aromatic N) is 4. The van der Waals surface area contributed by atoms with Gasteiger partial charge in [-0.25, -0.2) is 8.78 Å². The Bertz CT molecular complexity index is 1220. The van der Waals surface area contributed by atoms with Gasteiger partial charge in [0.1, 0.15) is 23.4 Å². The third-order valence-electron chi connectivity index (χ3n) is 5.79. The monoisotopic (exact) mass is 457 g/mol. The second-order valence-corrected chi connectivity index (χ2v) is 7.97. The second kappa shape index (κ2) is 7.87. The van der Waals surface area contributed by atoms with Crippen molar-refractivity contribution in [2.75, 3.05) is 6.54 Å². The van der Waals surface area contributed by atoms with E-state index in [2.05, 4.69) is 15.5 Å². The number of piperidine rings is 1. The van der Waals surface area contributed by atoms with Gasteiger partial charge in [-0.15, -0.1) is 0 Å². The lowest BCUT2D eigenvalue weighted by atomic mass is 10.0. The van der Waals surface area contributed by atoms with Gasteiger partial charge in [0.25, 0.3) is 11.8 Å². The Morgan fingerprint density at radius 3 is 2.55 bits per heavy atom. The summed E-state index contributed by atoms with van der Waals surface area (Å²) in [4.78, 5) is 56.5. The number of imide groups is 2. The Balaban J connectivity index is 1.38. The maximum Gasteiger partial charge on any atom is 0.278 e. The lowest BCUT2D eigenvalue weighted by Crippen LogP contribution is -2.55. The molecule has 5 rings (SSSR count). The van der Waals surface area contributed by atoms with Gasteiger partial charge in [-0.1, -0.05) is 5.16 Å². The van der Waals surface area contributed by atoms with E-state index in [0.29, 0.717) is 25.0 Å². The highest BCUT2D eigenvalue weighted by molar-refractivity contribution is 6.21. The first kappa shape index (κ1) is 20.9. The van der Waals surface area contributed by atoms with Crippen LogP contribution in [0.2, 0.25) is 0 Å². The van der Waals surface area contributed by atoms with Crippen LogP contribution in [-0.2, 0) is 25.7 Å². The Morgan fingerprint density at radius 1 is 1.06 bits per heavy atom. The van der Waals surface area contributed by atoms with E-state index >= 15 is 0 Å². The number of carbonyl (C=O) groups excluding carboxylic acids is 4. The summed E-state index contributed by atoms with van der Waals surface area (Å²) in [5.41, 5.74) is 0.549. The summed E-state index contributed by atoms with van der Waals surface area (Å²) in [6.45, 7) is 0.416. The van der Waals surface area contributed by atoms with Gasteiger partial charge in [0, 0.05) is 30.2 Å². The molecule has 1 aromatic carbocycles. The number of amides is 4. The second-order valence-electron chi connectivity index (χ2n) is 7.97. The number of aromatic nitrogens is 2. The highest BCUT2D eigenvalue weighted by Crippen LogP contribution is 2.34. The molecule has 0 saturated carbocycles. The van der Waals surface area contributed by atoms with E-state index in [-0.39, 0.29) is 42.4 Å². The van der Waals surface area contributed by atoms with Gasteiger partial charge in [-0.3, -0.25) is 29.4 Å². The molecular formula is C21H17F2N5O5. The first-order valence-electron chi connectivity index (χ1n) is 10.3. The zero-order valence-electron chi connectivity index (χ0n) is 17.1. The van der Waals surface area contributed by atoms with Crippen LogP contribution in [0.5, 0.6) is 0 Å². The van der Waals surface area contributed by atoms with Crippen LogP contribution in [0.15, 0.2) is 34.0 Å². The SMILES string of the molecule is O=C1CCC(N2C(=O)C3=C(C2=O)N(Cc2nc(-c4cc(F)cc(F)c4)no2)CCC3)C(=O)N1. The molecule has 0 spiro atoms. The van der Waals surface area contributed by atoms with Gasteiger partial charge in [0.2, 0.25) is 23.5 Å². The van der Waals surface area contributed by atoms with E-state index in [1.807, 2.05) is 0 Å². The summed E-state index contributed by atoms with van der Waals surface area (Å²) in [6.07, 6.45) is 1.06. The molecule has 1 atom stereocenters. The minimum absolute atomic E-state index is 0.00810. The summed E-state index contributed by atoms with van der Waals surface area (Å²) >= 11 is 0. The Labute approximate surface area is 185 Å². The zero-order chi connectivity index (χ0) is 23.3. The van der Waals surface area contributed by atoms with E-state index in [9.17, 15) is 28.0 Å². The lowest BCUT2D eigenvalue weighted by Gasteiger charge is -2.29. The van der Waals surface area contributed by atoms with Crippen molar-refractivity contribution in [1.82, 2.24) is 25.3 Å². The summed E-state index contributed by atoms with van der Waals surface area (Å²) in [7, 11) is 0. The first-order chi connectivity index (χ1) is 15.8. The van der Waals surface area contributed by atoms with Crippen molar-refractivity contribution in [3.63, 3.8) is 0 Å². The van der Waals surface area contributed by atoms with Crippen molar-refractivity contribution in [2.24, 2.45) is 0 Å².